The van der Waals surface area contributed by atoms with Gasteiger partial charge in [-0.3, -0.25) is 4.79 Å². The molecule has 2 rings (SSSR count). The lowest BCUT2D eigenvalue weighted by Gasteiger charge is -2.10. The maximum Gasteiger partial charge on any atom is 0.339 e. The van der Waals surface area contributed by atoms with Gasteiger partial charge in [-0.25, -0.2) is 9.48 Å². The van der Waals surface area contributed by atoms with E-state index in [0.29, 0.717) is 5.69 Å². The van der Waals surface area contributed by atoms with Crippen molar-refractivity contribution in [2.45, 2.75) is 26.7 Å². The van der Waals surface area contributed by atoms with Crippen molar-refractivity contribution < 1.29 is 14.7 Å². The molecule has 0 aliphatic rings. The third-order valence-electron chi connectivity index (χ3n) is 3.33. The molecule has 0 saturated carbocycles. The van der Waals surface area contributed by atoms with Gasteiger partial charge in [-0.05, 0) is 36.6 Å². The molecule has 0 fully saturated rings. The Hall–Kier alpha value is -2.63. The number of carboxylic acid groups (broad SMARTS) is 1. The van der Waals surface area contributed by atoms with Gasteiger partial charge in [0.2, 0.25) is 0 Å². The highest BCUT2D eigenvalue weighted by atomic mass is 16.4. The molecular formula is C15H17N3O3. The summed E-state index contributed by atoms with van der Waals surface area (Å²) in [5, 5.41) is 13.1. The first kappa shape index (κ1) is 14.8. The molecule has 1 amide bonds. The quantitative estimate of drug-likeness (QED) is 0.877. The number of aromatic nitrogens is 2. The topological polar surface area (TPSA) is 98.2 Å². The number of nitrogens with zero attached hydrogens (tertiary/aromatic N) is 2. The number of benzene rings is 1. The van der Waals surface area contributed by atoms with E-state index in [-0.39, 0.29) is 11.3 Å². The molecular weight excluding hydrogens is 270 g/mol. The highest BCUT2D eigenvalue weighted by molar-refractivity contribution is 6.03. The van der Waals surface area contributed by atoms with Crippen LogP contribution in [0.2, 0.25) is 0 Å². The molecule has 2 aromatic rings. The van der Waals surface area contributed by atoms with Crippen molar-refractivity contribution in [3.8, 4) is 5.69 Å². The lowest BCUT2D eigenvalue weighted by atomic mass is 10.0. The molecule has 1 aromatic heterocycles. The van der Waals surface area contributed by atoms with Gasteiger partial charge in [-0.2, -0.15) is 5.10 Å². The van der Waals surface area contributed by atoms with Crippen LogP contribution in [0, 0.1) is 6.92 Å². The lowest BCUT2D eigenvalue weighted by molar-refractivity contribution is 0.0692. The average molecular weight is 287 g/mol. The van der Waals surface area contributed by atoms with Crippen molar-refractivity contribution >= 4 is 11.9 Å². The Morgan fingerprint density at radius 2 is 2.10 bits per heavy atom. The number of hydrogen-bond acceptors (Lipinski definition) is 3. The largest absolute Gasteiger partial charge is 0.478 e. The summed E-state index contributed by atoms with van der Waals surface area (Å²) in [6.07, 6.45) is 3.03. The minimum Gasteiger partial charge on any atom is -0.478 e. The summed E-state index contributed by atoms with van der Waals surface area (Å²) >= 11 is 0. The number of hydrogen-bond donors (Lipinski definition) is 2. The minimum absolute atomic E-state index is 0.117. The molecule has 0 aliphatic heterocycles. The monoisotopic (exact) mass is 287 g/mol. The van der Waals surface area contributed by atoms with Crippen LogP contribution in [0.15, 0.2) is 24.4 Å². The number of nitrogens with two attached hydrogens (primary N) is 1. The smallest absolute Gasteiger partial charge is 0.339 e. The van der Waals surface area contributed by atoms with Crippen molar-refractivity contribution in [2.24, 2.45) is 5.73 Å². The first-order chi connectivity index (χ1) is 9.95. The standard InChI is InChI=1S/C15H17N3O3/c1-3-4-10-7-11(6-5-9(10)2)18-13(14(16)19)12(8-17-18)15(20)21/h5-8H,3-4H2,1-2H3,(H2,16,19)(H,20,21). The van der Waals surface area contributed by atoms with Crippen molar-refractivity contribution in [3.05, 3.63) is 46.8 Å². The van der Waals surface area contributed by atoms with Crippen LogP contribution in [0.3, 0.4) is 0 Å². The zero-order valence-corrected chi connectivity index (χ0v) is 12.0. The van der Waals surface area contributed by atoms with Crippen LogP contribution in [0.25, 0.3) is 5.69 Å². The Balaban J connectivity index is 2.59. The highest BCUT2D eigenvalue weighted by Crippen LogP contribution is 2.19. The fourth-order valence-corrected chi connectivity index (χ4v) is 2.27. The molecule has 1 heterocycles. The molecule has 21 heavy (non-hydrogen) atoms. The Kier molecular flexibility index (Phi) is 4.07. The number of carboxylic acids is 1. The van der Waals surface area contributed by atoms with Crippen molar-refractivity contribution in [1.82, 2.24) is 9.78 Å². The van der Waals surface area contributed by atoms with E-state index in [1.807, 2.05) is 19.1 Å². The average Bonchev–Trinajstić information content (AvgIpc) is 2.86. The molecule has 0 unspecified atom stereocenters. The maximum absolute atomic E-state index is 11.6. The molecule has 0 spiro atoms. The molecule has 0 aliphatic carbocycles. The predicted molar refractivity (Wildman–Crippen MR) is 77.8 cm³/mol. The predicted octanol–water partition coefficient (Wildman–Crippen LogP) is 1.93. The number of primary amides is 1. The van der Waals surface area contributed by atoms with Gasteiger partial charge in [-0.1, -0.05) is 19.4 Å². The van der Waals surface area contributed by atoms with E-state index in [2.05, 4.69) is 12.0 Å². The van der Waals surface area contributed by atoms with E-state index in [9.17, 15) is 9.59 Å². The van der Waals surface area contributed by atoms with E-state index in [1.54, 1.807) is 6.07 Å². The summed E-state index contributed by atoms with van der Waals surface area (Å²) in [5.74, 6) is -2.04. The van der Waals surface area contributed by atoms with Gasteiger partial charge in [0, 0.05) is 0 Å². The summed E-state index contributed by atoms with van der Waals surface area (Å²) < 4.78 is 1.28. The molecule has 0 bridgehead atoms. The second kappa shape index (κ2) is 5.78. The fraction of sp³-hybridized carbons (Fsp3) is 0.267. The van der Waals surface area contributed by atoms with Gasteiger partial charge in [0.1, 0.15) is 11.3 Å². The molecule has 110 valence electrons. The third kappa shape index (κ3) is 2.79. The van der Waals surface area contributed by atoms with Crippen molar-refractivity contribution in [2.75, 3.05) is 0 Å². The van der Waals surface area contributed by atoms with Crippen LogP contribution in [-0.2, 0) is 6.42 Å². The highest BCUT2D eigenvalue weighted by Gasteiger charge is 2.22. The molecule has 0 saturated heterocycles. The second-order valence-electron chi connectivity index (χ2n) is 4.85. The minimum atomic E-state index is -1.23. The van der Waals surface area contributed by atoms with E-state index >= 15 is 0 Å². The van der Waals surface area contributed by atoms with E-state index in [4.69, 9.17) is 10.8 Å². The van der Waals surface area contributed by atoms with Gasteiger partial charge in [-0.15, -0.1) is 0 Å². The Morgan fingerprint density at radius 1 is 1.38 bits per heavy atom. The summed E-state index contributed by atoms with van der Waals surface area (Å²) in [6.45, 7) is 4.09. The number of amides is 1. The number of aryl methyl sites for hydroxylation is 2. The molecule has 6 heteroatoms. The fourth-order valence-electron chi connectivity index (χ4n) is 2.27. The van der Waals surface area contributed by atoms with Crippen LogP contribution >= 0.6 is 0 Å². The van der Waals surface area contributed by atoms with Gasteiger partial charge in [0.25, 0.3) is 5.91 Å². The third-order valence-corrected chi connectivity index (χ3v) is 3.33. The van der Waals surface area contributed by atoms with E-state index in [0.717, 1.165) is 30.2 Å². The summed E-state index contributed by atoms with van der Waals surface area (Å²) in [5.41, 5.74) is 7.90. The van der Waals surface area contributed by atoms with E-state index in [1.165, 1.54) is 4.68 Å². The first-order valence-electron chi connectivity index (χ1n) is 6.66. The van der Waals surface area contributed by atoms with Crippen molar-refractivity contribution in [3.63, 3.8) is 0 Å². The van der Waals surface area contributed by atoms with Gasteiger partial charge < -0.3 is 10.8 Å². The molecule has 3 N–H and O–H groups in total. The SMILES string of the molecule is CCCc1cc(-n2ncc(C(=O)O)c2C(N)=O)ccc1C. The zero-order chi connectivity index (χ0) is 15.6. The van der Waals surface area contributed by atoms with Crippen LogP contribution in [0.1, 0.15) is 45.3 Å². The number of carbonyl (C=O) groups is 2. The van der Waals surface area contributed by atoms with Gasteiger partial charge in [0.05, 0.1) is 11.9 Å². The van der Waals surface area contributed by atoms with Crippen LogP contribution in [0.4, 0.5) is 0 Å². The second-order valence-corrected chi connectivity index (χ2v) is 4.85. The first-order valence-corrected chi connectivity index (χ1v) is 6.66. The molecule has 0 atom stereocenters. The van der Waals surface area contributed by atoms with Crippen LogP contribution in [0.5, 0.6) is 0 Å². The lowest BCUT2D eigenvalue weighted by Crippen LogP contribution is -2.20. The number of rotatable bonds is 5. The zero-order valence-electron chi connectivity index (χ0n) is 12.0. The van der Waals surface area contributed by atoms with Gasteiger partial charge in [0.15, 0.2) is 0 Å². The molecule has 6 nitrogen and oxygen atoms in total. The van der Waals surface area contributed by atoms with Crippen molar-refractivity contribution in [1.29, 1.82) is 0 Å². The van der Waals surface area contributed by atoms with Crippen LogP contribution < -0.4 is 5.73 Å². The molecule has 0 radical (unpaired) electrons. The van der Waals surface area contributed by atoms with E-state index < -0.39 is 11.9 Å². The summed E-state index contributed by atoms with van der Waals surface area (Å²) in [6, 6.07) is 5.62. The molecule has 1 aromatic carbocycles. The normalized spacial score (nSPS) is 10.6. The number of aromatic carboxylic acids is 1. The Morgan fingerprint density at radius 3 is 2.67 bits per heavy atom. The summed E-state index contributed by atoms with van der Waals surface area (Å²) in [7, 11) is 0. The van der Waals surface area contributed by atoms with Gasteiger partial charge >= 0.3 is 5.97 Å². The Bertz CT molecular complexity index is 704. The number of carbonyl (C=O) groups excluding carboxylic acids is 1. The Labute approximate surface area is 122 Å². The maximum atomic E-state index is 11.6. The summed E-state index contributed by atoms with van der Waals surface area (Å²) in [4.78, 5) is 22.7. The van der Waals surface area contributed by atoms with Crippen LogP contribution in [-0.4, -0.2) is 26.8 Å².